The van der Waals surface area contributed by atoms with E-state index >= 15 is 0 Å². The Kier molecular flexibility index (Phi) is 17.1. The van der Waals surface area contributed by atoms with Gasteiger partial charge >= 0.3 is 0 Å². The quantitative estimate of drug-likeness (QED) is 0.0898. The molecule has 4 atom stereocenters. The molecule has 326 valence electrons. The predicted octanol–water partition coefficient (Wildman–Crippen LogP) is 5.64. The minimum Gasteiger partial charge on any atom is -0.492 e. The van der Waals surface area contributed by atoms with Crippen molar-refractivity contribution in [2.24, 2.45) is 29.0 Å². The van der Waals surface area contributed by atoms with E-state index in [1.807, 2.05) is 61.5 Å². The third-order valence-corrected chi connectivity index (χ3v) is 11.2. The van der Waals surface area contributed by atoms with Gasteiger partial charge in [-0.2, -0.15) is 5.26 Å². The normalized spacial score (nSPS) is 16.9. The fourth-order valence-electron chi connectivity index (χ4n) is 7.92. The van der Waals surface area contributed by atoms with Gasteiger partial charge < -0.3 is 36.9 Å². The zero-order valence-corrected chi connectivity index (χ0v) is 35.9. The molecule has 0 spiro atoms. The minimum atomic E-state index is -1.20. The predicted molar refractivity (Wildman–Crippen MR) is 238 cm³/mol. The van der Waals surface area contributed by atoms with Gasteiger partial charge in [-0.05, 0) is 84.8 Å². The van der Waals surface area contributed by atoms with Gasteiger partial charge in [0, 0.05) is 74.3 Å². The topological polar surface area (TPSA) is 221 Å². The summed E-state index contributed by atoms with van der Waals surface area (Å²) in [6.07, 6.45) is 0.404. The Balaban J connectivity index is 1.60. The van der Waals surface area contributed by atoms with Crippen LogP contribution < -0.4 is 32.0 Å². The van der Waals surface area contributed by atoms with E-state index in [1.54, 1.807) is 43.3 Å². The van der Waals surface area contributed by atoms with E-state index in [9.17, 15) is 29.2 Å². The SMILES string of the molecule is Cc1cc(-c2ccccc2)ccc1C(=O)C[C@@H](CCCN)C(=O)N(C)[C@@H]1C(=O)C[C@@H](C)C(=O)N[C@H](C(=O)CCC#N)Cc2ccc(OCCN)c(c2)-c2cc1ccc2OCCN. The molecule has 1 heterocycles. The molecule has 1 aliphatic rings. The summed E-state index contributed by atoms with van der Waals surface area (Å²) in [7, 11) is 1.54. The minimum absolute atomic E-state index is 0.0228. The Morgan fingerprint density at radius 3 is 2.18 bits per heavy atom. The molecule has 0 saturated carbocycles. The van der Waals surface area contributed by atoms with Crippen LogP contribution in [0.25, 0.3) is 22.3 Å². The Morgan fingerprint density at radius 1 is 0.855 bits per heavy atom. The number of rotatable bonds is 18. The number of benzene rings is 4. The number of nitrogens with zero attached hydrogens (tertiary/aromatic N) is 2. The number of hydrogen-bond donors (Lipinski definition) is 4. The molecule has 0 saturated heterocycles. The van der Waals surface area contributed by atoms with Crippen molar-refractivity contribution in [1.29, 1.82) is 5.26 Å². The lowest BCUT2D eigenvalue weighted by Gasteiger charge is -2.32. The van der Waals surface area contributed by atoms with Crippen molar-refractivity contribution in [2.45, 2.75) is 70.9 Å². The molecular formula is C49H58N6O7. The number of ether oxygens (including phenoxy) is 2. The zero-order chi connectivity index (χ0) is 44.8. The van der Waals surface area contributed by atoms with E-state index in [2.05, 4.69) is 5.32 Å². The summed E-state index contributed by atoms with van der Waals surface area (Å²) >= 11 is 0. The average molecular weight is 843 g/mol. The van der Waals surface area contributed by atoms with Crippen LogP contribution in [-0.4, -0.2) is 80.0 Å². The molecule has 0 aromatic heterocycles. The summed E-state index contributed by atoms with van der Waals surface area (Å²) in [6, 6.07) is 25.9. The van der Waals surface area contributed by atoms with E-state index in [4.69, 9.17) is 26.7 Å². The molecule has 13 nitrogen and oxygen atoms in total. The Bertz CT molecular complexity index is 2270. The molecule has 13 heteroatoms. The molecule has 0 unspecified atom stereocenters. The molecular weight excluding hydrogens is 785 g/mol. The highest BCUT2D eigenvalue weighted by atomic mass is 16.5. The van der Waals surface area contributed by atoms with Crippen molar-refractivity contribution in [3.05, 3.63) is 107 Å². The number of hydrogen-bond acceptors (Lipinski definition) is 11. The van der Waals surface area contributed by atoms with E-state index in [1.165, 1.54) is 11.9 Å². The van der Waals surface area contributed by atoms with Crippen molar-refractivity contribution < 1.29 is 33.4 Å². The molecule has 0 radical (unpaired) electrons. The maximum Gasteiger partial charge on any atom is 0.226 e. The first-order chi connectivity index (χ1) is 29.9. The summed E-state index contributed by atoms with van der Waals surface area (Å²) in [5.74, 6) is -2.74. The Labute approximate surface area is 363 Å². The molecule has 2 amide bonds. The van der Waals surface area contributed by atoms with Gasteiger partial charge in [-0.15, -0.1) is 0 Å². The van der Waals surface area contributed by atoms with Gasteiger partial charge in [-0.1, -0.05) is 67.6 Å². The molecule has 0 fully saturated rings. The number of aryl methyl sites for hydroxylation is 1. The van der Waals surface area contributed by atoms with E-state index in [0.717, 1.165) is 16.7 Å². The van der Waals surface area contributed by atoms with Crippen LogP contribution in [0.3, 0.4) is 0 Å². The van der Waals surface area contributed by atoms with Crippen molar-refractivity contribution in [1.82, 2.24) is 10.2 Å². The second kappa shape index (κ2) is 22.6. The van der Waals surface area contributed by atoms with Crippen molar-refractivity contribution in [3.8, 4) is 39.8 Å². The number of likely N-dealkylation sites (N-methyl/N-ethyl adjacent to an activating group) is 1. The van der Waals surface area contributed by atoms with Crippen molar-refractivity contribution in [3.63, 3.8) is 0 Å². The summed E-state index contributed by atoms with van der Waals surface area (Å²) in [4.78, 5) is 72.2. The van der Waals surface area contributed by atoms with Crippen LogP contribution in [0.15, 0.2) is 84.9 Å². The molecule has 0 aliphatic carbocycles. The monoisotopic (exact) mass is 842 g/mol. The molecule has 4 aromatic carbocycles. The molecule has 7 N–H and O–H groups in total. The van der Waals surface area contributed by atoms with E-state index in [0.29, 0.717) is 58.7 Å². The van der Waals surface area contributed by atoms with Crippen molar-refractivity contribution in [2.75, 3.05) is 39.9 Å². The van der Waals surface area contributed by atoms with Crippen LogP contribution in [0.4, 0.5) is 0 Å². The first-order valence-electron chi connectivity index (χ1n) is 21.2. The smallest absolute Gasteiger partial charge is 0.226 e. The molecule has 5 rings (SSSR count). The number of carbonyl (C=O) groups excluding carboxylic acids is 5. The number of nitriles is 1. The molecule has 1 aliphatic heterocycles. The summed E-state index contributed by atoms with van der Waals surface area (Å²) in [5, 5.41) is 12.1. The number of carbonyl (C=O) groups is 5. The van der Waals surface area contributed by atoms with Crippen LogP contribution in [0.5, 0.6) is 11.5 Å². The van der Waals surface area contributed by atoms with Crippen LogP contribution in [-0.2, 0) is 25.6 Å². The first kappa shape index (κ1) is 46.9. The summed E-state index contributed by atoms with van der Waals surface area (Å²) in [6.45, 7) is 4.58. The summed E-state index contributed by atoms with van der Waals surface area (Å²) < 4.78 is 12.3. The van der Waals surface area contributed by atoms with Gasteiger partial charge in [0.15, 0.2) is 17.3 Å². The molecule has 4 aromatic rings. The number of ketones is 3. The third-order valence-electron chi connectivity index (χ3n) is 11.2. The van der Waals surface area contributed by atoms with Crippen LogP contribution in [0.1, 0.15) is 78.5 Å². The highest BCUT2D eigenvalue weighted by Gasteiger charge is 2.36. The zero-order valence-electron chi connectivity index (χ0n) is 35.9. The van der Waals surface area contributed by atoms with Gasteiger partial charge in [0.05, 0.1) is 12.1 Å². The standard InChI is InChI=1S/C49H58N6O7/c1-31-25-35(34-9-5-4-6-10-34)14-16-38(31)43(57)30-37(11-7-19-50)49(60)55(3)47-36-15-18-46(62-24-22-53)40(29-36)39-27-33(13-17-45(39)61-23-21-52)28-41(42(56)12-8-20-51)54-48(59)32(2)26-44(47)58/h4-6,9-10,13-18,25,27,29,32,37,41,47H,7-8,11-12,19,21-24,26,28,30,50,52-53H2,1-3H3,(H,54,59)/t32-,37-,41+,47+/m1/s1. The van der Waals surface area contributed by atoms with Gasteiger partial charge in [-0.3, -0.25) is 24.0 Å². The number of nitrogens with one attached hydrogen (secondary N) is 1. The number of fused-ring (bicyclic) bond motifs is 5. The maximum absolute atomic E-state index is 14.8. The number of nitrogens with two attached hydrogens (primary N) is 3. The van der Waals surface area contributed by atoms with Gasteiger partial charge in [0.1, 0.15) is 30.8 Å². The average Bonchev–Trinajstić information content (AvgIpc) is 3.27. The maximum atomic E-state index is 14.8. The fraction of sp³-hybridized carbons (Fsp3) is 0.388. The van der Waals surface area contributed by atoms with E-state index < -0.39 is 41.5 Å². The van der Waals surface area contributed by atoms with Crippen LogP contribution in [0.2, 0.25) is 0 Å². The van der Waals surface area contributed by atoms with Crippen LogP contribution in [0, 0.1) is 30.1 Å². The number of amides is 2. The highest BCUT2D eigenvalue weighted by Crippen LogP contribution is 2.41. The largest absolute Gasteiger partial charge is 0.492 e. The Morgan fingerprint density at radius 2 is 1.53 bits per heavy atom. The van der Waals surface area contributed by atoms with Crippen molar-refractivity contribution >= 4 is 29.2 Å². The lowest BCUT2D eigenvalue weighted by molar-refractivity contribution is -0.142. The Hall–Kier alpha value is -6.20. The van der Waals surface area contributed by atoms with Crippen LogP contribution >= 0.6 is 0 Å². The summed E-state index contributed by atoms with van der Waals surface area (Å²) in [5.41, 5.74) is 23.1. The third kappa shape index (κ3) is 11.8. The van der Waals surface area contributed by atoms with Gasteiger partial charge in [0.25, 0.3) is 0 Å². The first-order valence-corrected chi connectivity index (χ1v) is 21.2. The van der Waals surface area contributed by atoms with Gasteiger partial charge in [-0.25, -0.2) is 0 Å². The van der Waals surface area contributed by atoms with E-state index in [-0.39, 0.29) is 70.0 Å². The highest BCUT2D eigenvalue weighted by molar-refractivity contribution is 6.01. The fourth-order valence-corrected chi connectivity index (χ4v) is 7.92. The second-order valence-electron chi connectivity index (χ2n) is 15.8. The lowest BCUT2D eigenvalue weighted by atomic mass is 9.87. The number of Topliss-reactive ketones (excluding diaryl/α,β-unsaturated/α-hetero) is 3. The molecule has 4 bridgehead atoms. The second-order valence-corrected chi connectivity index (χ2v) is 15.8. The van der Waals surface area contributed by atoms with Gasteiger partial charge in [0.2, 0.25) is 11.8 Å². The molecule has 62 heavy (non-hydrogen) atoms. The lowest BCUT2D eigenvalue weighted by Crippen LogP contribution is -2.45.